The molecule has 1 N–H and O–H groups in total. The molecule has 3 atom stereocenters. The van der Waals surface area contributed by atoms with Gasteiger partial charge in [0.05, 0.1) is 12.5 Å². The number of likely N-dealkylation sites (N-methyl/N-ethyl adjacent to an activating group) is 1. The summed E-state index contributed by atoms with van der Waals surface area (Å²) in [6.45, 7) is 5.80. The number of fused-ring (bicyclic) bond motifs is 1. The quantitative estimate of drug-likeness (QED) is 0.904. The Kier molecular flexibility index (Phi) is 4.73. The van der Waals surface area contributed by atoms with Gasteiger partial charge in [0.25, 0.3) is 0 Å². The van der Waals surface area contributed by atoms with Gasteiger partial charge in [-0.3, -0.25) is 14.5 Å². The average Bonchev–Trinajstić information content (AvgIpc) is 3.20. The third-order valence-electron chi connectivity index (χ3n) is 5.08. The van der Waals surface area contributed by atoms with E-state index in [9.17, 15) is 9.59 Å². The van der Waals surface area contributed by atoms with Crippen molar-refractivity contribution in [1.29, 1.82) is 0 Å². The Morgan fingerprint density at radius 3 is 2.78 bits per heavy atom. The number of amides is 2. The van der Waals surface area contributed by atoms with E-state index in [2.05, 4.69) is 24.1 Å². The maximum Gasteiger partial charge on any atom is 0.237 e. The van der Waals surface area contributed by atoms with E-state index in [-0.39, 0.29) is 17.9 Å². The molecule has 1 aromatic heterocycles. The largest absolute Gasteiger partial charge is 0.358 e. The number of likely N-dealkylation sites (tertiary alicyclic amines) is 2. The van der Waals surface area contributed by atoms with Crippen molar-refractivity contribution in [2.24, 2.45) is 5.92 Å². The Hall–Kier alpha value is -1.40. The summed E-state index contributed by atoms with van der Waals surface area (Å²) >= 11 is 1.63. The van der Waals surface area contributed by atoms with E-state index in [0.29, 0.717) is 24.4 Å². The number of nitrogens with zero attached hydrogens (tertiary/aromatic N) is 2. The van der Waals surface area contributed by atoms with Crippen molar-refractivity contribution in [3.8, 4) is 0 Å². The Morgan fingerprint density at radius 2 is 2.17 bits per heavy atom. The van der Waals surface area contributed by atoms with Crippen molar-refractivity contribution in [3.63, 3.8) is 0 Å². The molecule has 126 valence electrons. The van der Waals surface area contributed by atoms with Crippen molar-refractivity contribution in [1.82, 2.24) is 15.1 Å². The van der Waals surface area contributed by atoms with Crippen molar-refractivity contribution in [3.05, 3.63) is 22.4 Å². The molecule has 2 aliphatic rings. The first-order valence-corrected chi connectivity index (χ1v) is 9.18. The second-order valence-electron chi connectivity index (χ2n) is 6.79. The van der Waals surface area contributed by atoms with Crippen LogP contribution in [0.3, 0.4) is 0 Å². The topological polar surface area (TPSA) is 52.7 Å². The average molecular weight is 335 g/mol. The van der Waals surface area contributed by atoms with E-state index in [1.54, 1.807) is 18.4 Å². The van der Waals surface area contributed by atoms with Crippen molar-refractivity contribution >= 4 is 23.2 Å². The molecule has 0 bridgehead atoms. The summed E-state index contributed by atoms with van der Waals surface area (Å²) in [6, 6.07) is 4.57. The molecule has 1 aromatic rings. The number of rotatable bonds is 4. The number of carbonyl (C=O) groups excluding carboxylic acids is 2. The first-order valence-electron chi connectivity index (χ1n) is 8.30. The zero-order valence-corrected chi connectivity index (χ0v) is 14.8. The number of hydrogen-bond acceptors (Lipinski definition) is 4. The van der Waals surface area contributed by atoms with Crippen LogP contribution in [0.15, 0.2) is 17.5 Å². The van der Waals surface area contributed by atoms with Gasteiger partial charge in [-0.15, -0.1) is 11.3 Å². The third-order valence-corrected chi connectivity index (χ3v) is 5.96. The summed E-state index contributed by atoms with van der Waals surface area (Å²) in [7, 11) is 1.70. The van der Waals surface area contributed by atoms with Gasteiger partial charge < -0.3 is 10.2 Å². The Balaban J connectivity index is 1.67. The van der Waals surface area contributed by atoms with E-state index >= 15 is 0 Å². The predicted octanol–water partition coefficient (Wildman–Crippen LogP) is 1.35. The molecule has 2 aliphatic heterocycles. The van der Waals surface area contributed by atoms with Gasteiger partial charge in [-0.1, -0.05) is 6.07 Å². The standard InChI is InChI=1S/C17H25N3O2S/c1-11(2)20-14(17(22)18-3)7-12-9-19(10-15(12)20)16(21)8-13-5-4-6-23-13/h4-6,11-12,14-15H,7-10H2,1-3H3,(H,18,22)/t12-,14-,15+/m0/s1. The number of nitrogens with one attached hydrogen (secondary N) is 1. The monoisotopic (exact) mass is 335 g/mol. The van der Waals surface area contributed by atoms with Gasteiger partial charge in [-0.05, 0) is 37.6 Å². The molecule has 3 heterocycles. The zero-order chi connectivity index (χ0) is 16.6. The molecule has 0 aliphatic carbocycles. The van der Waals surface area contributed by atoms with Crippen molar-refractivity contribution in [2.45, 2.75) is 44.8 Å². The summed E-state index contributed by atoms with van der Waals surface area (Å²) in [5, 5.41) is 4.79. The third kappa shape index (κ3) is 3.15. The summed E-state index contributed by atoms with van der Waals surface area (Å²) < 4.78 is 0. The van der Waals surface area contributed by atoms with Crippen LogP contribution in [0.2, 0.25) is 0 Å². The lowest BCUT2D eigenvalue weighted by Gasteiger charge is -2.33. The van der Waals surface area contributed by atoms with Crippen LogP contribution in [-0.2, 0) is 16.0 Å². The van der Waals surface area contributed by atoms with E-state index in [0.717, 1.165) is 24.4 Å². The number of hydrogen-bond donors (Lipinski definition) is 1. The summed E-state index contributed by atoms with van der Waals surface area (Å²) in [4.78, 5) is 30.1. The molecule has 6 heteroatoms. The van der Waals surface area contributed by atoms with Crippen LogP contribution in [0, 0.1) is 5.92 Å². The van der Waals surface area contributed by atoms with Crippen LogP contribution in [0.25, 0.3) is 0 Å². The van der Waals surface area contributed by atoms with Crippen molar-refractivity contribution < 1.29 is 9.59 Å². The van der Waals surface area contributed by atoms with Gasteiger partial charge in [0, 0.05) is 37.1 Å². The molecule has 2 saturated heterocycles. The molecule has 0 spiro atoms. The molecular weight excluding hydrogens is 310 g/mol. The highest BCUT2D eigenvalue weighted by Crippen LogP contribution is 2.37. The van der Waals surface area contributed by atoms with E-state index in [4.69, 9.17) is 0 Å². The molecule has 0 unspecified atom stereocenters. The molecule has 3 rings (SSSR count). The summed E-state index contributed by atoms with van der Waals surface area (Å²) in [5.74, 6) is 0.721. The maximum absolute atomic E-state index is 12.5. The fraction of sp³-hybridized carbons (Fsp3) is 0.647. The fourth-order valence-corrected chi connectivity index (χ4v) is 4.79. The smallest absolute Gasteiger partial charge is 0.237 e. The SMILES string of the molecule is CNC(=O)[C@@H]1C[C@H]2CN(C(=O)Cc3cccs3)C[C@H]2N1C(C)C. The molecule has 0 aromatic carbocycles. The lowest BCUT2D eigenvalue weighted by Crippen LogP contribution is -2.50. The van der Waals surface area contributed by atoms with Crippen LogP contribution in [-0.4, -0.2) is 59.9 Å². The van der Waals surface area contributed by atoms with Gasteiger partial charge >= 0.3 is 0 Å². The number of carbonyl (C=O) groups is 2. The molecule has 23 heavy (non-hydrogen) atoms. The Morgan fingerprint density at radius 1 is 1.39 bits per heavy atom. The lowest BCUT2D eigenvalue weighted by atomic mass is 10.0. The highest BCUT2D eigenvalue weighted by atomic mass is 32.1. The minimum atomic E-state index is -0.0513. The van der Waals surface area contributed by atoms with Gasteiger partial charge in [0.15, 0.2) is 0 Å². The normalized spacial score (nSPS) is 27.5. The fourth-order valence-electron chi connectivity index (χ4n) is 4.09. The molecule has 2 fully saturated rings. The minimum absolute atomic E-state index is 0.0513. The van der Waals surface area contributed by atoms with Crippen LogP contribution < -0.4 is 5.32 Å². The first kappa shape index (κ1) is 16.5. The highest BCUT2D eigenvalue weighted by molar-refractivity contribution is 7.10. The molecule has 2 amide bonds. The van der Waals surface area contributed by atoms with Gasteiger partial charge in [-0.2, -0.15) is 0 Å². The molecular formula is C17H25N3O2S. The lowest BCUT2D eigenvalue weighted by molar-refractivity contribution is -0.130. The number of thiophene rings is 1. The first-order chi connectivity index (χ1) is 11.0. The highest BCUT2D eigenvalue weighted by Gasteiger charge is 2.50. The maximum atomic E-state index is 12.5. The van der Waals surface area contributed by atoms with Crippen LogP contribution >= 0.6 is 11.3 Å². The zero-order valence-electron chi connectivity index (χ0n) is 14.0. The summed E-state index contributed by atoms with van der Waals surface area (Å²) in [5.41, 5.74) is 0. The Labute approximate surface area is 141 Å². The molecule has 0 saturated carbocycles. The molecule has 5 nitrogen and oxygen atoms in total. The Bertz CT molecular complexity index is 572. The van der Waals surface area contributed by atoms with Crippen LogP contribution in [0.1, 0.15) is 25.1 Å². The van der Waals surface area contributed by atoms with Crippen LogP contribution in [0.4, 0.5) is 0 Å². The summed E-state index contributed by atoms with van der Waals surface area (Å²) in [6.07, 6.45) is 1.35. The van der Waals surface area contributed by atoms with Crippen LogP contribution in [0.5, 0.6) is 0 Å². The molecule has 0 radical (unpaired) electrons. The van der Waals surface area contributed by atoms with Gasteiger partial charge in [0.1, 0.15) is 0 Å². The second kappa shape index (κ2) is 6.61. The van der Waals surface area contributed by atoms with Gasteiger partial charge in [0.2, 0.25) is 11.8 Å². The van der Waals surface area contributed by atoms with E-state index in [1.807, 2.05) is 22.4 Å². The van der Waals surface area contributed by atoms with Gasteiger partial charge in [-0.25, -0.2) is 0 Å². The van der Waals surface area contributed by atoms with E-state index < -0.39 is 0 Å². The van der Waals surface area contributed by atoms with E-state index in [1.165, 1.54) is 0 Å². The second-order valence-corrected chi connectivity index (χ2v) is 7.82. The minimum Gasteiger partial charge on any atom is -0.358 e. The van der Waals surface area contributed by atoms with Crippen molar-refractivity contribution in [2.75, 3.05) is 20.1 Å². The predicted molar refractivity (Wildman–Crippen MR) is 91.3 cm³/mol.